The van der Waals surface area contributed by atoms with Gasteiger partial charge in [0, 0.05) is 29.5 Å². The normalized spacial score (nSPS) is 17.4. The molecule has 1 fully saturated rings. The number of likely N-dealkylation sites (tertiary alicyclic amines) is 1. The molecule has 6 heteroatoms. The predicted octanol–water partition coefficient (Wildman–Crippen LogP) is 1.82. The molecule has 0 saturated carbocycles. The Hall–Kier alpha value is -1.15. The van der Waals surface area contributed by atoms with E-state index in [1.807, 2.05) is 18.2 Å². The quantitative estimate of drug-likeness (QED) is 0.618. The molecule has 0 unspecified atom stereocenters. The number of ether oxygens (including phenoxy) is 1. The van der Waals surface area contributed by atoms with E-state index in [4.69, 9.17) is 4.74 Å². The Morgan fingerprint density at radius 3 is 2.52 bits per heavy atom. The van der Waals surface area contributed by atoms with Gasteiger partial charge in [-0.25, -0.2) is 4.79 Å². The molecule has 0 atom stereocenters. The molecule has 1 heterocycles. The Bertz CT molecular complexity index is 538. The number of aliphatic hydroxyl groups is 1. The minimum absolute atomic E-state index is 0.0640. The Kier molecular flexibility index (Phi) is 5.21. The minimum atomic E-state index is -1.46. The summed E-state index contributed by atoms with van der Waals surface area (Å²) in [6.45, 7) is 2.64. The molecule has 5 nitrogen and oxygen atoms in total. The van der Waals surface area contributed by atoms with Gasteiger partial charge >= 0.3 is 5.97 Å². The Balaban J connectivity index is 2.03. The van der Waals surface area contributed by atoms with Crippen molar-refractivity contribution in [2.45, 2.75) is 25.4 Å². The van der Waals surface area contributed by atoms with Gasteiger partial charge in [0.2, 0.25) is 0 Å². The summed E-state index contributed by atoms with van der Waals surface area (Å²) in [5.74, 6) is -0.655. The molecule has 114 valence electrons. The van der Waals surface area contributed by atoms with Crippen molar-refractivity contribution >= 4 is 34.5 Å². The van der Waals surface area contributed by atoms with E-state index in [0.717, 1.165) is 3.57 Å². The van der Waals surface area contributed by atoms with Crippen LogP contribution in [0.15, 0.2) is 24.3 Å². The molecular formula is C15H18INO4. The Labute approximate surface area is 137 Å². The van der Waals surface area contributed by atoms with E-state index in [9.17, 15) is 14.7 Å². The van der Waals surface area contributed by atoms with Gasteiger partial charge in [0.25, 0.3) is 5.91 Å². The van der Waals surface area contributed by atoms with E-state index in [1.165, 1.54) is 0 Å². The number of rotatable bonds is 3. The SMILES string of the molecule is CCOC(=O)C1(O)CCN(C(=O)c2ccccc2I)CC1. The molecule has 0 bridgehead atoms. The van der Waals surface area contributed by atoms with Gasteiger partial charge in [-0.1, -0.05) is 12.1 Å². The van der Waals surface area contributed by atoms with Gasteiger partial charge in [0.15, 0.2) is 5.60 Å². The average Bonchev–Trinajstić information content (AvgIpc) is 2.48. The van der Waals surface area contributed by atoms with Crippen molar-refractivity contribution in [1.82, 2.24) is 4.90 Å². The fourth-order valence-electron chi connectivity index (χ4n) is 2.35. The maximum absolute atomic E-state index is 12.5. The average molecular weight is 403 g/mol. The van der Waals surface area contributed by atoms with Crippen LogP contribution >= 0.6 is 22.6 Å². The minimum Gasteiger partial charge on any atom is -0.464 e. The van der Waals surface area contributed by atoms with Crippen LogP contribution in [-0.4, -0.2) is 47.2 Å². The third kappa shape index (κ3) is 3.55. The molecule has 0 aromatic heterocycles. The first-order chi connectivity index (χ1) is 9.98. The zero-order valence-corrected chi connectivity index (χ0v) is 14.0. The summed E-state index contributed by atoms with van der Waals surface area (Å²) >= 11 is 2.13. The van der Waals surface area contributed by atoms with E-state index >= 15 is 0 Å². The highest BCUT2D eigenvalue weighted by atomic mass is 127. The first-order valence-corrected chi connectivity index (χ1v) is 7.99. The smallest absolute Gasteiger partial charge is 0.338 e. The molecule has 2 rings (SSSR count). The lowest BCUT2D eigenvalue weighted by molar-refractivity contribution is -0.169. The molecule has 1 saturated heterocycles. The maximum atomic E-state index is 12.5. The summed E-state index contributed by atoms with van der Waals surface area (Å²) in [5, 5.41) is 10.3. The van der Waals surface area contributed by atoms with E-state index in [1.54, 1.807) is 17.9 Å². The monoisotopic (exact) mass is 403 g/mol. The molecule has 1 aromatic rings. The van der Waals surface area contributed by atoms with Gasteiger partial charge < -0.3 is 14.7 Å². The van der Waals surface area contributed by atoms with Gasteiger partial charge in [-0.15, -0.1) is 0 Å². The number of hydrogen-bond donors (Lipinski definition) is 1. The van der Waals surface area contributed by atoms with Gasteiger partial charge in [0.05, 0.1) is 12.2 Å². The van der Waals surface area contributed by atoms with Gasteiger partial charge in [-0.2, -0.15) is 0 Å². The van der Waals surface area contributed by atoms with Crippen LogP contribution in [0.3, 0.4) is 0 Å². The third-order valence-corrected chi connectivity index (χ3v) is 4.58. The van der Waals surface area contributed by atoms with Crippen molar-refractivity contribution in [2.24, 2.45) is 0 Å². The number of nitrogens with zero attached hydrogens (tertiary/aromatic N) is 1. The highest BCUT2D eigenvalue weighted by Crippen LogP contribution is 2.25. The van der Waals surface area contributed by atoms with E-state index < -0.39 is 11.6 Å². The van der Waals surface area contributed by atoms with Crippen molar-refractivity contribution in [3.63, 3.8) is 0 Å². The fraction of sp³-hybridized carbons (Fsp3) is 0.467. The topological polar surface area (TPSA) is 66.8 Å². The van der Waals surface area contributed by atoms with Crippen molar-refractivity contribution in [1.29, 1.82) is 0 Å². The lowest BCUT2D eigenvalue weighted by Crippen LogP contribution is -2.51. The van der Waals surface area contributed by atoms with Crippen LogP contribution in [0.4, 0.5) is 0 Å². The highest BCUT2D eigenvalue weighted by molar-refractivity contribution is 14.1. The fourth-order valence-corrected chi connectivity index (χ4v) is 2.97. The first kappa shape index (κ1) is 16.2. The molecule has 0 spiro atoms. The zero-order valence-electron chi connectivity index (χ0n) is 11.8. The lowest BCUT2D eigenvalue weighted by Gasteiger charge is -2.36. The van der Waals surface area contributed by atoms with Crippen LogP contribution in [0, 0.1) is 3.57 Å². The van der Waals surface area contributed by atoms with Crippen molar-refractivity contribution in [2.75, 3.05) is 19.7 Å². The lowest BCUT2D eigenvalue weighted by atomic mass is 9.91. The second-order valence-corrected chi connectivity index (χ2v) is 6.19. The predicted molar refractivity (Wildman–Crippen MR) is 85.9 cm³/mol. The van der Waals surface area contributed by atoms with E-state index in [2.05, 4.69) is 22.6 Å². The summed E-state index contributed by atoms with van der Waals surface area (Å²) < 4.78 is 5.78. The van der Waals surface area contributed by atoms with Crippen LogP contribution in [0.25, 0.3) is 0 Å². The van der Waals surface area contributed by atoms with Crippen LogP contribution in [0.5, 0.6) is 0 Å². The second kappa shape index (κ2) is 6.74. The summed E-state index contributed by atoms with van der Waals surface area (Å²) in [6, 6.07) is 7.38. The molecule has 0 aliphatic carbocycles. The van der Waals surface area contributed by atoms with Crippen LogP contribution in [0.1, 0.15) is 30.1 Å². The van der Waals surface area contributed by atoms with E-state index in [-0.39, 0.29) is 25.4 Å². The van der Waals surface area contributed by atoms with Crippen LogP contribution < -0.4 is 0 Å². The molecule has 0 radical (unpaired) electrons. The summed E-state index contributed by atoms with van der Waals surface area (Å²) in [7, 11) is 0. The number of esters is 1. The largest absolute Gasteiger partial charge is 0.464 e. The number of carbonyl (C=O) groups is 2. The van der Waals surface area contributed by atoms with Gasteiger partial charge in [0.1, 0.15) is 0 Å². The van der Waals surface area contributed by atoms with E-state index in [0.29, 0.717) is 18.7 Å². The second-order valence-electron chi connectivity index (χ2n) is 5.02. The molecule has 1 aliphatic rings. The number of halogens is 1. The van der Waals surface area contributed by atoms with Gasteiger partial charge in [-0.05, 0) is 41.6 Å². The van der Waals surface area contributed by atoms with Crippen LogP contribution in [-0.2, 0) is 9.53 Å². The molecule has 1 N–H and O–H groups in total. The number of amides is 1. The number of carbonyl (C=O) groups excluding carboxylic acids is 2. The third-order valence-electron chi connectivity index (χ3n) is 3.64. The summed E-state index contributed by atoms with van der Waals surface area (Å²) in [5.41, 5.74) is -0.809. The summed E-state index contributed by atoms with van der Waals surface area (Å²) in [4.78, 5) is 25.9. The number of benzene rings is 1. The molecule has 1 amide bonds. The standard InChI is InChI=1S/C15H18INO4/c1-2-21-14(19)15(20)7-9-17(10-8-15)13(18)11-5-3-4-6-12(11)16/h3-6,20H,2,7-10H2,1H3. The number of piperidine rings is 1. The van der Waals surface area contributed by atoms with Crippen LogP contribution in [0.2, 0.25) is 0 Å². The van der Waals surface area contributed by atoms with Gasteiger partial charge in [-0.3, -0.25) is 4.79 Å². The Morgan fingerprint density at radius 1 is 1.33 bits per heavy atom. The zero-order chi connectivity index (χ0) is 15.5. The molecule has 1 aromatic carbocycles. The van der Waals surface area contributed by atoms with Crippen molar-refractivity contribution in [3.05, 3.63) is 33.4 Å². The van der Waals surface area contributed by atoms with Crippen molar-refractivity contribution < 1.29 is 19.4 Å². The first-order valence-electron chi connectivity index (χ1n) is 6.91. The Morgan fingerprint density at radius 2 is 1.95 bits per heavy atom. The van der Waals surface area contributed by atoms with Crippen molar-refractivity contribution in [3.8, 4) is 0 Å². The maximum Gasteiger partial charge on any atom is 0.338 e. The molecule has 1 aliphatic heterocycles. The highest BCUT2D eigenvalue weighted by Gasteiger charge is 2.41. The molecular weight excluding hydrogens is 385 g/mol. The number of hydrogen-bond acceptors (Lipinski definition) is 4. The summed E-state index contributed by atoms with van der Waals surface area (Å²) in [6.07, 6.45) is 0.419. The molecule has 21 heavy (non-hydrogen) atoms.